The fourth-order valence-electron chi connectivity index (χ4n) is 4.01. The minimum atomic E-state index is -1.51. The van der Waals surface area contributed by atoms with Gasteiger partial charge in [0.25, 0.3) is 0 Å². The van der Waals surface area contributed by atoms with Gasteiger partial charge in [-0.05, 0) is 12.1 Å². The molecule has 2 heterocycles. The van der Waals surface area contributed by atoms with Crippen LogP contribution in [-0.2, 0) is 54.2 Å². The predicted molar refractivity (Wildman–Crippen MR) is 131 cm³/mol. The molecule has 0 saturated carbocycles. The van der Waals surface area contributed by atoms with Crippen LogP contribution in [0.25, 0.3) is 10.2 Å². The third-order valence-corrected chi connectivity index (χ3v) is 6.39. The van der Waals surface area contributed by atoms with Crippen LogP contribution in [0.5, 0.6) is 0 Å². The molecule has 13 nitrogen and oxygen atoms in total. The van der Waals surface area contributed by atoms with Gasteiger partial charge < -0.3 is 29.0 Å². The monoisotopic (exact) mass is 552 g/mol. The number of fused-ring (bicyclic) bond motifs is 1. The Hall–Kier alpha value is -3.78. The molecule has 3 rings (SSSR count). The number of carbonyl (C=O) groups is 5. The van der Waals surface area contributed by atoms with Crippen molar-refractivity contribution in [2.45, 2.75) is 71.3 Å². The highest BCUT2D eigenvalue weighted by Crippen LogP contribution is 2.28. The Morgan fingerprint density at radius 1 is 0.947 bits per heavy atom. The van der Waals surface area contributed by atoms with Crippen molar-refractivity contribution < 1.29 is 47.7 Å². The minimum Gasteiger partial charge on any atom is -0.463 e. The number of ether oxygens (including phenoxy) is 5. The highest BCUT2D eigenvalue weighted by Gasteiger charge is 2.52. The zero-order chi connectivity index (χ0) is 28.0. The number of aromatic nitrogens is 1. The zero-order valence-corrected chi connectivity index (χ0v) is 22.0. The van der Waals surface area contributed by atoms with Crippen LogP contribution in [0.4, 0.5) is 0 Å². The number of aryl methyl sites for hydroxylation is 1. The van der Waals surface area contributed by atoms with E-state index in [4.69, 9.17) is 23.7 Å². The maximum absolute atomic E-state index is 12.8. The second kappa shape index (κ2) is 12.6. The maximum Gasteiger partial charge on any atom is 0.309 e. The first-order valence-electron chi connectivity index (χ1n) is 11.6. The van der Waals surface area contributed by atoms with Crippen LogP contribution in [0, 0.1) is 0 Å². The van der Waals surface area contributed by atoms with Gasteiger partial charge in [-0.2, -0.15) is 0 Å². The molecule has 2 aromatic rings. The minimum absolute atomic E-state index is 0.0134. The van der Waals surface area contributed by atoms with Crippen LogP contribution in [0.2, 0.25) is 0 Å². The van der Waals surface area contributed by atoms with Gasteiger partial charge in [-0.3, -0.25) is 33.3 Å². The van der Waals surface area contributed by atoms with Gasteiger partial charge >= 0.3 is 28.8 Å². The van der Waals surface area contributed by atoms with Crippen molar-refractivity contribution in [1.82, 2.24) is 9.88 Å². The summed E-state index contributed by atoms with van der Waals surface area (Å²) in [4.78, 5) is 72.1. The number of thiazole rings is 1. The van der Waals surface area contributed by atoms with Crippen molar-refractivity contribution in [3.8, 4) is 0 Å². The third kappa shape index (κ3) is 7.38. The summed E-state index contributed by atoms with van der Waals surface area (Å²) in [7, 11) is 0. The second-order valence-electron chi connectivity index (χ2n) is 8.45. The number of carbonyl (C=O) groups excluding carboxylic acids is 5. The number of benzene rings is 1. The van der Waals surface area contributed by atoms with Crippen molar-refractivity contribution in [3.05, 3.63) is 33.9 Å². The number of hydrogen-bond acceptors (Lipinski definition) is 12. The SMILES string of the molecule is CC(=O)N[C@H]1[C@@H](OC(=O)CCn2c(=O)sc3ccccc32)O[C@@H](COC(C)=O)[C@@H](OC(C)=O)[C@@H]1OC(C)=O. The van der Waals surface area contributed by atoms with Crippen molar-refractivity contribution in [1.29, 1.82) is 0 Å². The van der Waals surface area contributed by atoms with E-state index in [0.717, 1.165) is 36.8 Å². The third-order valence-electron chi connectivity index (χ3n) is 5.43. The van der Waals surface area contributed by atoms with Crippen LogP contribution in [0.15, 0.2) is 29.1 Å². The first kappa shape index (κ1) is 28.8. The average Bonchev–Trinajstić information content (AvgIpc) is 3.14. The van der Waals surface area contributed by atoms with Crippen LogP contribution in [-0.4, -0.2) is 71.6 Å². The molecule has 0 bridgehead atoms. The molecule has 0 radical (unpaired) electrons. The van der Waals surface area contributed by atoms with Gasteiger partial charge in [-0.15, -0.1) is 0 Å². The molecule has 1 N–H and O–H groups in total. The molecular formula is C24H28N2O11S. The van der Waals surface area contributed by atoms with Gasteiger partial charge in [0, 0.05) is 34.2 Å². The van der Waals surface area contributed by atoms with E-state index in [0.29, 0.717) is 5.52 Å². The van der Waals surface area contributed by atoms with Crippen molar-refractivity contribution in [2.24, 2.45) is 0 Å². The van der Waals surface area contributed by atoms with Crippen LogP contribution < -0.4 is 10.2 Å². The summed E-state index contributed by atoms with van der Waals surface area (Å²) in [6.07, 6.45) is -5.61. The summed E-state index contributed by atoms with van der Waals surface area (Å²) in [5, 5.41) is 2.51. The molecule has 1 aromatic carbocycles. The first-order valence-corrected chi connectivity index (χ1v) is 12.5. The molecule has 5 atom stereocenters. The van der Waals surface area contributed by atoms with Gasteiger partial charge in [0.2, 0.25) is 12.2 Å². The van der Waals surface area contributed by atoms with E-state index in [1.54, 1.807) is 24.3 Å². The smallest absolute Gasteiger partial charge is 0.309 e. The van der Waals surface area contributed by atoms with Crippen molar-refractivity contribution in [2.75, 3.05) is 6.61 Å². The number of nitrogens with zero attached hydrogens (tertiary/aromatic N) is 1. The molecule has 1 aliphatic rings. The Morgan fingerprint density at radius 2 is 1.61 bits per heavy atom. The molecule has 38 heavy (non-hydrogen) atoms. The fraction of sp³-hybridized carbons (Fsp3) is 0.500. The van der Waals surface area contributed by atoms with E-state index in [1.807, 2.05) is 0 Å². The normalized spacial score (nSPS) is 22.8. The Balaban J connectivity index is 1.85. The summed E-state index contributed by atoms with van der Waals surface area (Å²) in [5.41, 5.74) is 0.668. The predicted octanol–water partition coefficient (Wildman–Crippen LogP) is 0.652. The number of para-hydroxylation sites is 1. The average molecular weight is 553 g/mol. The van der Waals surface area contributed by atoms with Gasteiger partial charge in [0.1, 0.15) is 18.8 Å². The van der Waals surface area contributed by atoms with E-state index in [9.17, 15) is 28.8 Å². The quantitative estimate of drug-likeness (QED) is 0.343. The molecule has 1 aromatic heterocycles. The Kier molecular flexibility index (Phi) is 9.58. The Labute approximate surface area is 220 Å². The first-order chi connectivity index (χ1) is 18.0. The summed E-state index contributed by atoms with van der Waals surface area (Å²) in [6.45, 7) is 4.14. The van der Waals surface area contributed by atoms with Gasteiger partial charge in [-0.25, -0.2) is 0 Å². The number of rotatable bonds is 9. The summed E-state index contributed by atoms with van der Waals surface area (Å²) in [5.74, 6) is -3.55. The maximum atomic E-state index is 12.8. The number of nitrogens with one attached hydrogen (secondary N) is 1. The lowest BCUT2D eigenvalue weighted by atomic mass is 9.96. The molecule has 1 amide bonds. The highest BCUT2D eigenvalue weighted by atomic mass is 32.1. The molecule has 0 unspecified atom stereocenters. The lowest BCUT2D eigenvalue weighted by molar-refractivity contribution is -0.271. The molecule has 14 heteroatoms. The van der Waals surface area contributed by atoms with Crippen molar-refractivity contribution in [3.63, 3.8) is 0 Å². The van der Waals surface area contributed by atoms with Crippen LogP contribution >= 0.6 is 11.3 Å². The molecular weight excluding hydrogens is 524 g/mol. The van der Waals surface area contributed by atoms with Gasteiger partial charge in [0.05, 0.1) is 16.6 Å². The largest absolute Gasteiger partial charge is 0.463 e. The second-order valence-corrected chi connectivity index (χ2v) is 9.44. The standard InChI is InChI=1S/C24H28N2O11S/c1-12(27)25-20-22(35-15(4)30)21(34-14(3)29)17(11-33-13(2)28)36-23(20)37-19(31)9-10-26-16-7-5-6-8-18(16)38-24(26)32/h5-8,17,20-23H,9-11H2,1-4H3,(H,25,27)/t17-,20+,21+,22+,23+/m0/s1. The van der Waals surface area contributed by atoms with E-state index in [-0.39, 0.29) is 17.8 Å². The Bertz CT molecular complexity index is 1270. The number of amides is 1. The lowest BCUT2D eigenvalue weighted by Crippen LogP contribution is -2.66. The van der Waals surface area contributed by atoms with Crippen molar-refractivity contribution >= 4 is 51.3 Å². The van der Waals surface area contributed by atoms with E-state index >= 15 is 0 Å². The number of esters is 4. The van der Waals surface area contributed by atoms with Gasteiger partial charge in [-0.1, -0.05) is 23.5 Å². The highest BCUT2D eigenvalue weighted by molar-refractivity contribution is 7.16. The fourth-order valence-corrected chi connectivity index (χ4v) is 4.93. The molecule has 1 saturated heterocycles. The molecule has 206 valence electrons. The molecule has 1 fully saturated rings. The molecule has 1 aliphatic heterocycles. The summed E-state index contributed by atoms with van der Waals surface area (Å²) >= 11 is 1.04. The Morgan fingerprint density at radius 3 is 2.24 bits per heavy atom. The molecule has 0 spiro atoms. The topological polar surface area (TPSA) is 166 Å². The summed E-state index contributed by atoms with van der Waals surface area (Å²) < 4.78 is 29.2. The summed E-state index contributed by atoms with van der Waals surface area (Å²) in [6, 6.07) is 5.85. The van der Waals surface area contributed by atoms with E-state index in [2.05, 4.69) is 5.32 Å². The number of hydrogen-bond donors (Lipinski definition) is 1. The van der Waals surface area contributed by atoms with E-state index < -0.39 is 67.0 Å². The lowest BCUT2D eigenvalue weighted by Gasteiger charge is -2.44. The van der Waals surface area contributed by atoms with Crippen LogP contribution in [0.3, 0.4) is 0 Å². The van der Waals surface area contributed by atoms with E-state index in [1.165, 1.54) is 11.5 Å². The zero-order valence-electron chi connectivity index (χ0n) is 21.2. The molecule has 0 aliphatic carbocycles. The van der Waals surface area contributed by atoms with Crippen LogP contribution in [0.1, 0.15) is 34.1 Å². The van der Waals surface area contributed by atoms with Gasteiger partial charge in [0.15, 0.2) is 12.2 Å².